The second-order valence-corrected chi connectivity index (χ2v) is 7.50. The summed E-state index contributed by atoms with van der Waals surface area (Å²) in [5.74, 6) is 0.807. The van der Waals surface area contributed by atoms with E-state index in [1.165, 1.54) is 0 Å². The Bertz CT molecular complexity index is 1200. The average Bonchev–Trinajstić information content (AvgIpc) is 2.89. The molecule has 162 valence electrons. The lowest BCUT2D eigenvalue weighted by molar-refractivity contribution is 0.312. The number of hydrogen-bond donors (Lipinski definition) is 0. The average molecular weight is 432 g/mol. The zero-order valence-electron chi connectivity index (χ0n) is 18.3. The van der Waals surface area contributed by atoms with Crippen LogP contribution in [0.5, 0.6) is 5.75 Å². The Labute approximate surface area is 194 Å². The normalized spacial score (nSPS) is 10.2. The van der Waals surface area contributed by atoms with Crippen LogP contribution in [0.4, 0.5) is 0 Å². The van der Waals surface area contributed by atoms with E-state index in [1.54, 1.807) is 0 Å². The molecule has 0 aromatic heterocycles. The van der Waals surface area contributed by atoms with Crippen molar-refractivity contribution in [2.24, 2.45) is 5.11 Å². The molecule has 0 saturated heterocycles. The number of para-hydroxylation sites is 1. The molecule has 33 heavy (non-hydrogen) atoms. The summed E-state index contributed by atoms with van der Waals surface area (Å²) in [5, 5.41) is 3.61. The number of azide groups is 1. The molecule has 0 aliphatic rings. The van der Waals surface area contributed by atoms with Gasteiger partial charge in [0, 0.05) is 22.6 Å². The minimum Gasteiger partial charge on any atom is -0.493 e. The van der Waals surface area contributed by atoms with Crippen molar-refractivity contribution in [1.82, 2.24) is 0 Å². The van der Waals surface area contributed by atoms with Gasteiger partial charge in [-0.15, -0.1) is 0 Å². The van der Waals surface area contributed by atoms with Gasteiger partial charge < -0.3 is 4.74 Å². The third-order valence-electron chi connectivity index (χ3n) is 5.32. The molecule has 0 bridgehead atoms. The largest absolute Gasteiger partial charge is 0.493 e. The molecule has 0 N–H and O–H groups in total. The van der Waals surface area contributed by atoms with Crippen molar-refractivity contribution in [2.45, 2.75) is 6.42 Å². The zero-order valence-corrected chi connectivity index (χ0v) is 18.3. The second-order valence-electron chi connectivity index (χ2n) is 7.50. The Hall–Kier alpha value is -4.27. The maximum Gasteiger partial charge on any atom is 0.127 e. The van der Waals surface area contributed by atoms with Crippen molar-refractivity contribution in [1.29, 1.82) is 0 Å². The van der Waals surface area contributed by atoms with Gasteiger partial charge in [-0.25, -0.2) is 0 Å². The van der Waals surface area contributed by atoms with Gasteiger partial charge in [-0.3, -0.25) is 0 Å². The minimum absolute atomic E-state index is 0.416. The highest BCUT2D eigenvalue weighted by atomic mass is 16.5. The molecule has 0 heterocycles. The van der Waals surface area contributed by atoms with Crippen LogP contribution in [0.2, 0.25) is 0 Å². The van der Waals surface area contributed by atoms with Gasteiger partial charge in [0.25, 0.3) is 0 Å². The molecule has 0 radical (unpaired) electrons. The summed E-state index contributed by atoms with van der Waals surface area (Å²) in [6, 6.07) is 39.5. The summed E-state index contributed by atoms with van der Waals surface area (Å²) in [4.78, 5) is 2.82. The number of ether oxygens (including phenoxy) is 1. The smallest absolute Gasteiger partial charge is 0.127 e. The summed E-state index contributed by atoms with van der Waals surface area (Å²) in [5.41, 5.74) is 15.2. The van der Waals surface area contributed by atoms with Gasteiger partial charge in [0.2, 0.25) is 0 Å². The van der Waals surface area contributed by atoms with E-state index in [4.69, 9.17) is 10.3 Å². The summed E-state index contributed by atoms with van der Waals surface area (Å²) >= 11 is 0. The molecular weight excluding hydrogens is 406 g/mol. The minimum atomic E-state index is 0.416. The monoisotopic (exact) mass is 431 g/mol. The van der Waals surface area contributed by atoms with Crippen LogP contribution in [0.1, 0.15) is 28.7 Å². The molecule has 4 aromatic rings. The fourth-order valence-electron chi connectivity index (χ4n) is 3.87. The topological polar surface area (TPSA) is 58.0 Å². The van der Waals surface area contributed by atoms with Gasteiger partial charge >= 0.3 is 0 Å². The Balaban J connectivity index is 1.93. The highest BCUT2D eigenvalue weighted by Gasteiger charge is 2.18. The lowest BCUT2D eigenvalue weighted by Gasteiger charge is -2.20. The molecule has 0 unspecified atom stereocenters. The molecule has 0 saturated carbocycles. The highest BCUT2D eigenvalue weighted by molar-refractivity contribution is 6.05. The van der Waals surface area contributed by atoms with Gasteiger partial charge in [-0.1, -0.05) is 114 Å². The van der Waals surface area contributed by atoms with Crippen molar-refractivity contribution < 1.29 is 4.74 Å². The lowest BCUT2D eigenvalue weighted by Crippen LogP contribution is -2.03. The maximum atomic E-state index is 8.51. The Kier molecular flexibility index (Phi) is 7.57. The van der Waals surface area contributed by atoms with Crippen LogP contribution in [-0.4, -0.2) is 13.2 Å². The van der Waals surface area contributed by atoms with Gasteiger partial charge in [-0.05, 0) is 40.3 Å². The summed E-state index contributed by atoms with van der Waals surface area (Å²) in [6.45, 7) is 0.892. The van der Waals surface area contributed by atoms with E-state index in [0.29, 0.717) is 19.6 Å². The molecule has 4 rings (SSSR count). The number of benzene rings is 4. The summed E-state index contributed by atoms with van der Waals surface area (Å²) in [7, 11) is 0. The van der Waals surface area contributed by atoms with E-state index >= 15 is 0 Å². The molecule has 0 aliphatic carbocycles. The van der Waals surface area contributed by atoms with Crippen LogP contribution >= 0.6 is 0 Å². The van der Waals surface area contributed by atoms with E-state index in [0.717, 1.165) is 39.1 Å². The van der Waals surface area contributed by atoms with Gasteiger partial charge in [0.1, 0.15) is 5.75 Å². The maximum absolute atomic E-state index is 8.51. The Morgan fingerprint density at radius 1 is 0.636 bits per heavy atom. The molecule has 0 fully saturated rings. The van der Waals surface area contributed by atoms with Gasteiger partial charge in [0.15, 0.2) is 0 Å². The van der Waals surface area contributed by atoms with E-state index in [2.05, 4.69) is 88.9 Å². The van der Waals surface area contributed by atoms with Crippen LogP contribution in [0.25, 0.3) is 21.6 Å². The SMILES string of the molecule is [N-]=[N+]=NCCCOc1ccccc1C(=C(c1ccccc1)c1ccccc1)c1ccccc1. The van der Waals surface area contributed by atoms with Crippen LogP contribution in [0, 0.1) is 0 Å². The fourth-order valence-corrected chi connectivity index (χ4v) is 3.87. The van der Waals surface area contributed by atoms with Crippen LogP contribution < -0.4 is 4.74 Å². The predicted octanol–water partition coefficient (Wildman–Crippen LogP) is 7.77. The molecule has 0 aliphatic heterocycles. The third kappa shape index (κ3) is 5.51. The van der Waals surface area contributed by atoms with Crippen molar-refractivity contribution >= 4 is 11.1 Å². The molecular formula is C29H25N3O. The van der Waals surface area contributed by atoms with Crippen molar-refractivity contribution in [3.8, 4) is 5.75 Å². The quantitative estimate of drug-likeness (QED) is 0.0877. The molecule has 4 heteroatoms. The van der Waals surface area contributed by atoms with Crippen LogP contribution in [0.3, 0.4) is 0 Å². The first-order valence-corrected chi connectivity index (χ1v) is 11.0. The Morgan fingerprint density at radius 2 is 1.12 bits per heavy atom. The van der Waals surface area contributed by atoms with E-state index in [9.17, 15) is 0 Å². The molecule has 0 atom stereocenters. The molecule has 0 amide bonds. The zero-order chi connectivity index (χ0) is 22.7. The molecule has 4 nitrogen and oxygen atoms in total. The first-order valence-electron chi connectivity index (χ1n) is 11.0. The third-order valence-corrected chi connectivity index (χ3v) is 5.32. The van der Waals surface area contributed by atoms with E-state index in [1.807, 2.05) is 36.4 Å². The van der Waals surface area contributed by atoms with Gasteiger partial charge in [-0.2, -0.15) is 0 Å². The standard InChI is InChI=1S/C29H25N3O/c30-32-31-21-12-22-33-27-20-11-10-19-26(27)29(25-17-8-3-9-18-25)28(23-13-4-1-5-14-23)24-15-6-2-7-16-24/h1-11,13-20H,12,21-22H2. The molecule has 0 spiro atoms. The van der Waals surface area contributed by atoms with E-state index in [-0.39, 0.29) is 0 Å². The summed E-state index contributed by atoms with van der Waals surface area (Å²) in [6.07, 6.45) is 0.660. The molecule has 4 aromatic carbocycles. The number of nitrogens with zero attached hydrogens (tertiary/aromatic N) is 3. The Morgan fingerprint density at radius 3 is 1.67 bits per heavy atom. The van der Waals surface area contributed by atoms with Crippen LogP contribution in [-0.2, 0) is 0 Å². The highest BCUT2D eigenvalue weighted by Crippen LogP contribution is 2.40. The summed E-state index contributed by atoms with van der Waals surface area (Å²) < 4.78 is 6.19. The first kappa shape index (κ1) is 21.9. The lowest BCUT2D eigenvalue weighted by atomic mass is 9.85. The fraction of sp³-hybridized carbons (Fsp3) is 0.103. The van der Waals surface area contributed by atoms with Crippen molar-refractivity contribution in [2.75, 3.05) is 13.2 Å². The van der Waals surface area contributed by atoms with Crippen molar-refractivity contribution in [3.63, 3.8) is 0 Å². The van der Waals surface area contributed by atoms with Gasteiger partial charge in [0.05, 0.1) is 6.61 Å². The van der Waals surface area contributed by atoms with Crippen LogP contribution in [0.15, 0.2) is 120 Å². The number of hydrogen-bond acceptors (Lipinski definition) is 2. The number of rotatable bonds is 9. The predicted molar refractivity (Wildman–Crippen MR) is 135 cm³/mol. The van der Waals surface area contributed by atoms with Crippen molar-refractivity contribution in [3.05, 3.63) is 148 Å². The first-order chi connectivity index (χ1) is 16.4. The second kappa shape index (κ2) is 11.4. The van der Waals surface area contributed by atoms with E-state index < -0.39 is 0 Å².